The van der Waals surface area contributed by atoms with Crippen LogP contribution in [0.5, 0.6) is 0 Å². The molecule has 2 aromatic rings. The Morgan fingerprint density at radius 1 is 1.29 bits per heavy atom. The van der Waals surface area contributed by atoms with Crippen LogP contribution in [0.1, 0.15) is 19.2 Å². The molecule has 3 heteroatoms. The first-order chi connectivity index (χ1) is 8.36. The molecular formula is C14H17N3. The first-order valence-corrected chi connectivity index (χ1v) is 5.96. The number of aromatic nitrogens is 2. The van der Waals surface area contributed by atoms with Crippen molar-refractivity contribution < 1.29 is 0 Å². The van der Waals surface area contributed by atoms with E-state index < -0.39 is 0 Å². The molecule has 0 atom stereocenters. The first kappa shape index (κ1) is 11.7. The minimum Gasteiger partial charge on any atom is -0.330 e. The number of nitrogens with two attached hydrogens (primary N) is 1. The summed E-state index contributed by atoms with van der Waals surface area (Å²) in [6.07, 6.45) is 1.45. The number of benzene rings is 1. The highest BCUT2D eigenvalue weighted by molar-refractivity contribution is 5.75. The van der Waals surface area contributed by atoms with Crippen LogP contribution in [0.2, 0.25) is 0 Å². The molecule has 0 aliphatic rings. The lowest BCUT2D eigenvalue weighted by atomic mass is 10.3. The molecule has 0 bridgehead atoms. The number of aryl methyl sites for hydroxylation is 1. The van der Waals surface area contributed by atoms with Crippen LogP contribution in [0, 0.1) is 11.8 Å². The summed E-state index contributed by atoms with van der Waals surface area (Å²) in [4.78, 5) is 4.61. The van der Waals surface area contributed by atoms with Gasteiger partial charge in [0, 0.05) is 19.5 Å². The highest BCUT2D eigenvalue weighted by Gasteiger charge is 2.06. The molecule has 0 fully saturated rings. The van der Waals surface area contributed by atoms with Gasteiger partial charge in [-0.25, -0.2) is 4.98 Å². The average molecular weight is 227 g/mol. The van der Waals surface area contributed by atoms with Crippen LogP contribution in [0.4, 0.5) is 0 Å². The second kappa shape index (κ2) is 5.51. The van der Waals surface area contributed by atoms with E-state index in [4.69, 9.17) is 5.73 Å². The third-order valence-corrected chi connectivity index (χ3v) is 2.69. The first-order valence-electron chi connectivity index (χ1n) is 5.96. The summed E-state index contributed by atoms with van der Waals surface area (Å²) in [6, 6.07) is 8.19. The molecule has 0 unspecified atom stereocenters. The summed E-state index contributed by atoms with van der Waals surface area (Å²) in [5.41, 5.74) is 7.63. The van der Waals surface area contributed by atoms with Gasteiger partial charge in [0.25, 0.3) is 0 Å². The predicted octanol–water partition coefficient (Wildman–Crippen LogP) is 1.95. The van der Waals surface area contributed by atoms with E-state index in [0.717, 1.165) is 24.3 Å². The van der Waals surface area contributed by atoms with Gasteiger partial charge in [0.05, 0.1) is 17.5 Å². The van der Waals surface area contributed by atoms with E-state index in [1.54, 1.807) is 0 Å². The smallest absolute Gasteiger partial charge is 0.121 e. The molecule has 0 spiro atoms. The molecule has 0 amide bonds. The molecule has 2 rings (SSSR count). The maximum atomic E-state index is 5.40. The Hall–Kier alpha value is -1.79. The van der Waals surface area contributed by atoms with Gasteiger partial charge in [0.1, 0.15) is 5.82 Å². The van der Waals surface area contributed by atoms with Crippen LogP contribution >= 0.6 is 0 Å². The van der Waals surface area contributed by atoms with Crippen LogP contribution in [-0.4, -0.2) is 16.1 Å². The molecule has 1 aromatic carbocycles. The Balaban J connectivity index is 2.31. The molecule has 0 saturated carbocycles. The summed E-state index contributed by atoms with van der Waals surface area (Å²) < 4.78 is 2.21. The van der Waals surface area contributed by atoms with Gasteiger partial charge < -0.3 is 10.3 Å². The Kier molecular flexibility index (Phi) is 3.79. The van der Waals surface area contributed by atoms with Gasteiger partial charge in [-0.05, 0) is 19.1 Å². The number of para-hydroxylation sites is 2. The minimum atomic E-state index is 0.622. The molecule has 0 radical (unpaired) electrons. The van der Waals surface area contributed by atoms with Crippen LogP contribution < -0.4 is 5.73 Å². The van der Waals surface area contributed by atoms with Crippen LogP contribution in [-0.2, 0) is 13.0 Å². The topological polar surface area (TPSA) is 43.8 Å². The molecule has 2 N–H and O–H groups in total. The molecule has 17 heavy (non-hydrogen) atoms. The number of hydrogen-bond acceptors (Lipinski definition) is 2. The minimum absolute atomic E-state index is 0.622. The molecule has 88 valence electrons. The van der Waals surface area contributed by atoms with E-state index >= 15 is 0 Å². The number of hydrogen-bond donors (Lipinski definition) is 1. The quantitative estimate of drug-likeness (QED) is 0.814. The van der Waals surface area contributed by atoms with Crippen molar-refractivity contribution in [2.75, 3.05) is 6.54 Å². The van der Waals surface area contributed by atoms with Crippen molar-refractivity contribution in [3.8, 4) is 11.8 Å². The molecular weight excluding hydrogens is 210 g/mol. The Labute approximate surface area is 102 Å². The maximum Gasteiger partial charge on any atom is 0.121 e. The number of nitrogens with zero attached hydrogens (tertiary/aromatic N) is 2. The van der Waals surface area contributed by atoms with E-state index in [1.165, 1.54) is 5.52 Å². The van der Waals surface area contributed by atoms with Crippen LogP contribution in [0.25, 0.3) is 11.0 Å². The highest BCUT2D eigenvalue weighted by atomic mass is 15.1. The third kappa shape index (κ3) is 2.48. The molecule has 0 saturated heterocycles. The van der Waals surface area contributed by atoms with E-state index in [-0.39, 0.29) is 0 Å². The van der Waals surface area contributed by atoms with E-state index in [2.05, 4.69) is 34.4 Å². The summed E-state index contributed by atoms with van der Waals surface area (Å²) >= 11 is 0. The van der Waals surface area contributed by atoms with Crippen LogP contribution in [0.3, 0.4) is 0 Å². The number of rotatable bonds is 3. The van der Waals surface area contributed by atoms with E-state index in [1.807, 2.05) is 18.2 Å². The molecule has 1 aromatic heterocycles. The van der Waals surface area contributed by atoms with Crippen LogP contribution in [0.15, 0.2) is 24.3 Å². The zero-order chi connectivity index (χ0) is 12.1. The van der Waals surface area contributed by atoms with Crippen molar-refractivity contribution in [2.24, 2.45) is 5.73 Å². The fourth-order valence-electron chi connectivity index (χ4n) is 1.92. The van der Waals surface area contributed by atoms with Crippen molar-refractivity contribution >= 4 is 11.0 Å². The summed E-state index contributed by atoms with van der Waals surface area (Å²) in [6.45, 7) is 3.68. The van der Waals surface area contributed by atoms with E-state index in [0.29, 0.717) is 13.0 Å². The second-order valence-corrected chi connectivity index (χ2v) is 3.83. The van der Waals surface area contributed by atoms with Gasteiger partial charge in [0.15, 0.2) is 0 Å². The number of imidazole rings is 1. The van der Waals surface area contributed by atoms with Gasteiger partial charge in [-0.3, -0.25) is 0 Å². The Morgan fingerprint density at radius 3 is 2.88 bits per heavy atom. The Bertz CT molecular complexity index is 558. The van der Waals surface area contributed by atoms with Gasteiger partial charge in [-0.15, -0.1) is 5.92 Å². The molecule has 3 nitrogen and oxygen atoms in total. The predicted molar refractivity (Wildman–Crippen MR) is 70.6 cm³/mol. The van der Waals surface area contributed by atoms with Crippen molar-refractivity contribution in [2.45, 2.75) is 26.3 Å². The standard InChI is InChI=1S/C14H17N3/c1-2-17-13-9-6-5-8-12(13)16-14(17)10-4-3-7-11-15/h5-6,8-9H,2,7,10-11,15H2,1H3. The third-order valence-electron chi connectivity index (χ3n) is 2.69. The highest BCUT2D eigenvalue weighted by Crippen LogP contribution is 2.15. The molecule has 1 heterocycles. The normalized spacial score (nSPS) is 10.2. The lowest BCUT2D eigenvalue weighted by Gasteiger charge is -2.02. The zero-order valence-electron chi connectivity index (χ0n) is 10.1. The van der Waals surface area contributed by atoms with Gasteiger partial charge >= 0.3 is 0 Å². The van der Waals surface area contributed by atoms with Crippen molar-refractivity contribution in [1.29, 1.82) is 0 Å². The Morgan fingerprint density at radius 2 is 2.12 bits per heavy atom. The lowest BCUT2D eigenvalue weighted by Crippen LogP contribution is -2.01. The summed E-state index contributed by atoms with van der Waals surface area (Å²) in [7, 11) is 0. The monoisotopic (exact) mass is 227 g/mol. The molecule has 0 aliphatic heterocycles. The van der Waals surface area contributed by atoms with E-state index in [9.17, 15) is 0 Å². The fraction of sp³-hybridized carbons (Fsp3) is 0.357. The van der Waals surface area contributed by atoms with Crippen molar-refractivity contribution in [1.82, 2.24) is 9.55 Å². The van der Waals surface area contributed by atoms with Crippen molar-refractivity contribution in [3.63, 3.8) is 0 Å². The maximum absolute atomic E-state index is 5.40. The lowest BCUT2D eigenvalue weighted by molar-refractivity contribution is 0.741. The number of fused-ring (bicyclic) bond motifs is 1. The average Bonchev–Trinajstić information content (AvgIpc) is 2.72. The molecule has 0 aliphatic carbocycles. The van der Waals surface area contributed by atoms with Gasteiger partial charge in [0.2, 0.25) is 0 Å². The fourth-order valence-corrected chi connectivity index (χ4v) is 1.92. The van der Waals surface area contributed by atoms with Gasteiger partial charge in [-0.2, -0.15) is 0 Å². The zero-order valence-corrected chi connectivity index (χ0v) is 10.1. The largest absolute Gasteiger partial charge is 0.330 e. The SMILES string of the molecule is CCn1c(CC#CCCN)nc2ccccc21. The second-order valence-electron chi connectivity index (χ2n) is 3.83. The van der Waals surface area contributed by atoms with Crippen molar-refractivity contribution in [3.05, 3.63) is 30.1 Å². The summed E-state index contributed by atoms with van der Waals surface area (Å²) in [5, 5.41) is 0. The summed E-state index contributed by atoms with van der Waals surface area (Å²) in [5.74, 6) is 7.22. The van der Waals surface area contributed by atoms with Gasteiger partial charge in [-0.1, -0.05) is 18.1 Å².